The molecule has 2 aromatic carbocycles. The average molecular weight is 476 g/mol. The molecule has 1 N–H and O–H groups in total. The monoisotopic (exact) mass is 475 g/mol. The Balaban J connectivity index is 1.85. The first kappa shape index (κ1) is 23.5. The number of thiazole rings is 1. The molecule has 0 aliphatic rings. The zero-order valence-electron chi connectivity index (χ0n) is 17.7. The molecule has 0 bridgehead atoms. The molecule has 0 spiro atoms. The molecular formula is C22H25N3O3S3. The van der Waals surface area contributed by atoms with Crippen molar-refractivity contribution in [3.8, 4) is 11.3 Å². The summed E-state index contributed by atoms with van der Waals surface area (Å²) in [6.07, 6.45) is 0. The molecule has 31 heavy (non-hydrogen) atoms. The highest BCUT2D eigenvalue weighted by molar-refractivity contribution is 8.01. The second kappa shape index (κ2) is 10.4. The van der Waals surface area contributed by atoms with Crippen molar-refractivity contribution in [1.29, 1.82) is 0 Å². The Morgan fingerprint density at radius 3 is 2.26 bits per heavy atom. The summed E-state index contributed by atoms with van der Waals surface area (Å²) in [7, 11) is -3.56. The lowest BCUT2D eigenvalue weighted by Gasteiger charge is -2.18. The van der Waals surface area contributed by atoms with Crippen molar-refractivity contribution in [3.63, 3.8) is 0 Å². The molecule has 1 aromatic heterocycles. The smallest absolute Gasteiger partial charge is 0.256 e. The summed E-state index contributed by atoms with van der Waals surface area (Å²) in [5.41, 5.74) is 2.05. The SMILES string of the molecule is CCSc1nc(-c2ccccc2)c(NC(=O)c2ccc(S(=O)(=O)N(CC)CC)cc2)s1. The van der Waals surface area contributed by atoms with Crippen molar-refractivity contribution in [2.24, 2.45) is 0 Å². The van der Waals surface area contributed by atoms with Crippen LogP contribution < -0.4 is 5.32 Å². The fourth-order valence-corrected chi connectivity index (χ4v) is 6.44. The molecule has 164 valence electrons. The van der Waals surface area contributed by atoms with Crippen LogP contribution in [0.15, 0.2) is 63.8 Å². The minimum absolute atomic E-state index is 0.178. The Bertz CT molecular complexity index is 1120. The highest BCUT2D eigenvalue weighted by atomic mass is 32.2. The van der Waals surface area contributed by atoms with E-state index in [1.54, 1.807) is 25.6 Å². The number of nitrogens with zero attached hydrogens (tertiary/aromatic N) is 2. The van der Waals surface area contributed by atoms with E-state index in [-0.39, 0.29) is 10.8 Å². The molecule has 1 heterocycles. The molecule has 0 aliphatic heterocycles. The summed E-state index contributed by atoms with van der Waals surface area (Å²) < 4.78 is 27.6. The Hall–Kier alpha value is -2.20. The molecule has 0 atom stereocenters. The fraction of sp³-hybridized carbons (Fsp3) is 0.273. The summed E-state index contributed by atoms with van der Waals surface area (Å²) in [4.78, 5) is 17.7. The number of carbonyl (C=O) groups is 1. The molecule has 1 amide bonds. The summed E-state index contributed by atoms with van der Waals surface area (Å²) in [6, 6.07) is 15.7. The van der Waals surface area contributed by atoms with Crippen LogP contribution in [0.3, 0.4) is 0 Å². The number of aromatic nitrogens is 1. The van der Waals surface area contributed by atoms with Gasteiger partial charge in [-0.15, -0.1) is 0 Å². The molecule has 0 radical (unpaired) electrons. The number of hydrogen-bond donors (Lipinski definition) is 1. The van der Waals surface area contributed by atoms with Gasteiger partial charge in [0.1, 0.15) is 10.7 Å². The minimum atomic E-state index is -3.56. The lowest BCUT2D eigenvalue weighted by molar-refractivity contribution is 0.102. The Labute approximate surface area is 191 Å². The van der Waals surface area contributed by atoms with Crippen LogP contribution in [-0.4, -0.2) is 42.5 Å². The summed E-state index contributed by atoms with van der Waals surface area (Å²) in [6.45, 7) is 6.45. The van der Waals surface area contributed by atoms with Gasteiger partial charge in [-0.25, -0.2) is 13.4 Å². The van der Waals surface area contributed by atoms with Crippen LogP contribution in [0.1, 0.15) is 31.1 Å². The zero-order valence-corrected chi connectivity index (χ0v) is 20.1. The van der Waals surface area contributed by atoms with E-state index in [1.165, 1.54) is 39.9 Å². The maximum Gasteiger partial charge on any atom is 0.256 e. The topological polar surface area (TPSA) is 79.4 Å². The van der Waals surface area contributed by atoms with Gasteiger partial charge < -0.3 is 5.32 Å². The molecule has 9 heteroatoms. The Morgan fingerprint density at radius 2 is 1.68 bits per heavy atom. The van der Waals surface area contributed by atoms with E-state index in [1.807, 2.05) is 30.3 Å². The highest BCUT2D eigenvalue weighted by Gasteiger charge is 2.22. The number of carbonyl (C=O) groups excluding carboxylic acids is 1. The van der Waals surface area contributed by atoms with E-state index in [4.69, 9.17) is 0 Å². The summed E-state index contributed by atoms with van der Waals surface area (Å²) >= 11 is 3.06. The normalized spacial score (nSPS) is 11.6. The molecule has 0 aliphatic carbocycles. The number of rotatable bonds is 9. The highest BCUT2D eigenvalue weighted by Crippen LogP contribution is 2.37. The van der Waals surface area contributed by atoms with Crippen LogP contribution in [0, 0.1) is 0 Å². The Kier molecular flexibility index (Phi) is 7.88. The lowest BCUT2D eigenvalue weighted by atomic mass is 10.1. The number of anilines is 1. The van der Waals surface area contributed by atoms with Crippen LogP contribution in [0.4, 0.5) is 5.00 Å². The average Bonchev–Trinajstić information content (AvgIpc) is 3.17. The van der Waals surface area contributed by atoms with Crippen molar-refractivity contribution < 1.29 is 13.2 Å². The number of amides is 1. The first-order valence-electron chi connectivity index (χ1n) is 10.0. The number of thioether (sulfide) groups is 1. The van der Waals surface area contributed by atoms with Crippen molar-refractivity contribution in [2.45, 2.75) is 30.0 Å². The van der Waals surface area contributed by atoms with Gasteiger partial charge in [0, 0.05) is 24.2 Å². The third-order valence-electron chi connectivity index (χ3n) is 4.61. The van der Waals surface area contributed by atoms with Gasteiger partial charge in [0.2, 0.25) is 10.0 Å². The molecule has 3 aromatic rings. The molecule has 0 saturated carbocycles. The van der Waals surface area contributed by atoms with Gasteiger partial charge in [-0.05, 0) is 30.0 Å². The minimum Gasteiger partial charge on any atom is -0.312 e. The van der Waals surface area contributed by atoms with Crippen LogP contribution in [0.5, 0.6) is 0 Å². The third kappa shape index (κ3) is 5.35. The van der Waals surface area contributed by atoms with E-state index in [0.29, 0.717) is 23.7 Å². The molecule has 3 rings (SSSR count). The second-order valence-corrected chi connectivity index (χ2v) is 11.0. The molecule has 0 unspecified atom stereocenters. The van der Waals surface area contributed by atoms with E-state index in [0.717, 1.165) is 21.3 Å². The zero-order chi connectivity index (χ0) is 22.4. The molecule has 6 nitrogen and oxygen atoms in total. The van der Waals surface area contributed by atoms with E-state index in [9.17, 15) is 13.2 Å². The maximum absolute atomic E-state index is 12.9. The van der Waals surface area contributed by atoms with E-state index < -0.39 is 10.0 Å². The summed E-state index contributed by atoms with van der Waals surface area (Å²) in [5.74, 6) is 0.582. The predicted octanol–water partition coefficient (Wildman–Crippen LogP) is 5.20. The van der Waals surface area contributed by atoms with Gasteiger partial charge in [0.25, 0.3) is 5.91 Å². The van der Waals surface area contributed by atoms with Crippen molar-refractivity contribution >= 4 is 44.0 Å². The van der Waals surface area contributed by atoms with Gasteiger partial charge in [0.15, 0.2) is 4.34 Å². The number of nitrogens with one attached hydrogen (secondary N) is 1. The second-order valence-electron chi connectivity index (χ2n) is 6.52. The van der Waals surface area contributed by atoms with E-state index in [2.05, 4.69) is 17.2 Å². The van der Waals surface area contributed by atoms with Crippen molar-refractivity contribution in [2.75, 3.05) is 24.2 Å². The predicted molar refractivity (Wildman–Crippen MR) is 128 cm³/mol. The van der Waals surface area contributed by atoms with Gasteiger partial charge in [-0.3, -0.25) is 4.79 Å². The van der Waals surface area contributed by atoms with Crippen LogP contribution in [0.25, 0.3) is 11.3 Å². The first-order chi connectivity index (χ1) is 14.9. The summed E-state index contributed by atoms with van der Waals surface area (Å²) in [5, 5.41) is 3.62. The van der Waals surface area contributed by atoms with Crippen LogP contribution in [-0.2, 0) is 10.0 Å². The number of sulfonamides is 1. The van der Waals surface area contributed by atoms with Crippen LogP contribution in [0.2, 0.25) is 0 Å². The molecule has 0 fully saturated rings. The number of benzene rings is 2. The van der Waals surface area contributed by atoms with Gasteiger partial charge in [0.05, 0.1) is 4.90 Å². The van der Waals surface area contributed by atoms with E-state index >= 15 is 0 Å². The maximum atomic E-state index is 12.9. The molecular weight excluding hydrogens is 450 g/mol. The van der Waals surface area contributed by atoms with Crippen molar-refractivity contribution in [1.82, 2.24) is 9.29 Å². The Morgan fingerprint density at radius 1 is 1.03 bits per heavy atom. The van der Waals surface area contributed by atoms with Crippen LogP contribution >= 0.6 is 23.1 Å². The lowest BCUT2D eigenvalue weighted by Crippen LogP contribution is -2.30. The van der Waals surface area contributed by atoms with Gasteiger partial charge in [-0.1, -0.05) is 74.2 Å². The largest absolute Gasteiger partial charge is 0.312 e. The van der Waals surface area contributed by atoms with Gasteiger partial charge in [-0.2, -0.15) is 4.31 Å². The third-order valence-corrected chi connectivity index (χ3v) is 8.67. The quantitative estimate of drug-likeness (QED) is 0.430. The number of hydrogen-bond acceptors (Lipinski definition) is 6. The van der Waals surface area contributed by atoms with Crippen molar-refractivity contribution in [3.05, 3.63) is 60.2 Å². The molecule has 0 saturated heterocycles. The standard InChI is InChI=1S/C22H25N3O3S3/c1-4-25(5-2)31(27,28)18-14-12-17(13-15-18)20(26)24-21-19(16-10-8-7-9-11-16)23-22(30-21)29-6-3/h7-15H,4-6H2,1-3H3,(H,24,26). The van der Waals surface area contributed by atoms with Gasteiger partial charge >= 0.3 is 0 Å². The first-order valence-corrected chi connectivity index (χ1v) is 13.3. The fourth-order valence-electron chi connectivity index (χ4n) is 3.03.